The summed E-state index contributed by atoms with van der Waals surface area (Å²) >= 11 is 0. The van der Waals surface area contributed by atoms with Gasteiger partial charge in [0.25, 0.3) is 5.69 Å². The van der Waals surface area contributed by atoms with Crippen LogP contribution in [0.1, 0.15) is 13.3 Å². The zero-order valence-electron chi connectivity index (χ0n) is 11.9. The van der Waals surface area contributed by atoms with E-state index in [1.807, 2.05) is 0 Å². The third-order valence-corrected chi connectivity index (χ3v) is 4.98. The highest BCUT2D eigenvalue weighted by atomic mass is 32.2. The van der Waals surface area contributed by atoms with Crippen LogP contribution in [-0.2, 0) is 14.8 Å². The van der Waals surface area contributed by atoms with Gasteiger partial charge in [0.1, 0.15) is 6.04 Å². The molecule has 0 spiro atoms. The fourth-order valence-electron chi connectivity index (χ4n) is 1.74. The number of hydrogen-bond donors (Lipinski definition) is 1. The van der Waals surface area contributed by atoms with Crippen molar-refractivity contribution in [3.63, 3.8) is 0 Å². The van der Waals surface area contributed by atoms with Crippen molar-refractivity contribution < 1.29 is 23.2 Å². The zero-order chi connectivity index (χ0) is 16.9. The second kappa shape index (κ2) is 7.14. The molecular formula is C13H16N2O6S. The first-order valence-corrected chi connectivity index (χ1v) is 7.75. The number of nitro benzene ring substituents is 1. The lowest BCUT2D eigenvalue weighted by atomic mass is 10.3. The lowest BCUT2D eigenvalue weighted by Gasteiger charge is -2.25. The summed E-state index contributed by atoms with van der Waals surface area (Å²) in [5, 5.41) is 19.6. The van der Waals surface area contributed by atoms with Gasteiger partial charge in [0.05, 0.1) is 9.82 Å². The summed E-state index contributed by atoms with van der Waals surface area (Å²) in [5.41, 5.74) is -0.247. The highest BCUT2D eigenvalue weighted by molar-refractivity contribution is 7.89. The number of hydrogen-bond acceptors (Lipinski definition) is 5. The predicted octanol–water partition coefficient (Wildman–Crippen LogP) is 1.63. The predicted molar refractivity (Wildman–Crippen MR) is 78.9 cm³/mol. The Morgan fingerprint density at radius 1 is 1.45 bits per heavy atom. The molecule has 0 saturated carbocycles. The Labute approximate surface area is 127 Å². The minimum atomic E-state index is -4.08. The van der Waals surface area contributed by atoms with Crippen molar-refractivity contribution >= 4 is 21.7 Å². The Balaban J connectivity index is 3.22. The van der Waals surface area contributed by atoms with E-state index in [1.54, 1.807) is 0 Å². The van der Waals surface area contributed by atoms with Crippen molar-refractivity contribution in [1.82, 2.24) is 4.31 Å². The van der Waals surface area contributed by atoms with Gasteiger partial charge >= 0.3 is 5.97 Å². The van der Waals surface area contributed by atoms with Gasteiger partial charge in [-0.25, -0.2) is 8.42 Å². The van der Waals surface area contributed by atoms with E-state index in [9.17, 15) is 23.3 Å². The molecule has 22 heavy (non-hydrogen) atoms. The Morgan fingerprint density at radius 2 is 2.00 bits per heavy atom. The lowest BCUT2D eigenvalue weighted by molar-refractivity contribution is -0.384. The summed E-state index contributed by atoms with van der Waals surface area (Å²) < 4.78 is 25.9. The van der Waals surface area contributed by atoms with Gasteiger partial charge in [0.15, 0.2) is 0 Å². The average Bonchev–Trinajstić information content (AvgIpc) is 2.47. The molecule has 1 N–H and O–H groups in total. The number of rotatable bonds is 8. The van der Waals surface area contributed by atoms with E-state index in [4.69, 9.17) is 5.11 Å². The molecule has 120 valence electrons. The van der Waals surface area contributed by atoms with Crippen molar-refractivity contribution in [2.24, 2.45) is 0 Å². The molecule has 8 nitrogen and oxygen atoms in total. The van der Waals surface area contributed by atoms with Crippen LogP contribution in [0.3, 0.4) is 0 Å². The van der Waals surface area contributed by atoms with Crippen molar-refractivity contribution in [2.45, 2.75) is 24.3 Å². The molecule has 1 rings (SSSR count). The molecule has 1 aromatic carbocycles. The molecule has 1 atom stereocenters. The zero-order valence-corrected chi connectivity index (χ0v) is 12.7. The van der Waals surface area contributed by atoms with Crippen LogP contribution in [0.15, 0.2) is 41.8 Å². The quantitative estimate of drug-likeness (QED) is 0.440. The van der Waals surface area contributed by atoms with Crippen LogP contribution in [0, 0.1) is 10.1 Å². The van der Waals surface area contributed by atoms with Gasteiger partial charge in [-0.3, -0.25) is 14.9 Å². The second-order valence-corrected chi connectivity index (χ2v) is 6.35. The number of aliphatic carboxylic acids is 1. The van der Waals surface area contributed by atoms with E-state index in [-0.39, 0.29) is 23.5 Å². The van der Waals surface area contributed by atoms with Gasteiger partial charge in [0, 0.05) is 18.7 Å². The van der Waals surface area contributed by atoms with Crippen LogP contribution in [0.5, 0.6) is 0 Å². The SMILES string of the molecule is C=CCCN([C@@H](C)C(=O)O)S(=O)(=O)c1ccc([N+](=O)[O-])cc1. The molecule has 0 bridgehead atoms. The van der Waals surface area contributed by atoms with Crippen molar-refractivity contribution in [3.8, 4) is 0 Å². The second-order valence-electron chi connectivity index (χ2n) is 4.46. The average molecular weight is 328 g/mol. The molecule has 0 saturated heterocycles. The van der Waals surface area contributed by atoms with E-state index in [2.05, 4.69) is 6.58 Å². The highest BCUT2D eigenvalue weighted by Gasteiger charge is 2.32. The maximum Gasteiger partial charge on any atom is 0.321 e. The molecule has 0 radical (unpaired) electrons. The maximum atomic E-state index is 12.5. The molecule has 1 aromatic rings. The van der Waals surface area contributed by atoms with E-state index >= 15 is 0 Å². The van der Waals surface area contributed by atoms with Crippen LogP contribution in [0.25, 0.3) is 0 Å². The van der Waals surface area contributed by atoms with Gasteiger partial charge in [-0.05, 0) is 25.5 Å². The number of benzene rings is 1. The van der Waals surface area contributed by atoms with E-state index < -0.39 is 27.0 Å². The number of nitro groups is 1. The fraction of sp³-hybridized carbons (Fsp3) is 0.308. The van der Waals surface area contributed by atoms with Gasteiger partial charge < -0.3 is 5.11 Å². The minimum absolute atomic E-state index is 0.0453. The summed E-state index contributed by atoms with van der Waals surface area (Å²) in [5.74, 6) is -1.28. The first-order chi connectivity index (χ1) is 10.2. The molecule has 0 aliphatic carbocycles. The molecule has 0 aliphatic rings. The van der Waals surface area contributed by atoms with Crippen molar-refractivity contribution in [2.75, 3.05) is 6.54 Å². The number of nitrogens with zero attached hydrogens (tertiary/aromatic N) is 2. The number of carbonyl (C=O) groups is 1. The normalized spacial score (nSPS) is 12.8. The molecule has 0 fully saturated rings. The summed E-state index contributed by atoms with van der Waals surface area (Å²) in [4.78, 5) is 20.8. The Hall–Kier alpha value is -2.26. The summed E-state index contributed by atoms with van der Waals surface area (Å²) in [6.07, 6.45) is 1.76. The van der Waals surface area contributed by atoms with Crippen LogP contribution >= 0.6 is 0 Å². The highest BCUT2D eigenvalue weighted by Crippen LogP contribution is 2.21. The van der Waals surface area contributed by atoms with Crippen molar-refractivity contribution in [3.05, 3.63) is 47.0 Å². The van der Waals surface area contributed by atoms with E-state index in [1.165, 1.54) is 13.0 Å². The Kier molecular flexibility index (Phi) is 5.77. The summed E-state index contributed by atoms with van der Waals surface area (Å²) in [7, 11) is -4.08. The first-order valence-electron chi connectivity index (χ1n) is 6.31. The first kappa shape index (κ1) is 17.8. The Bertz CT molecular complexity index is 668. The van der Waals surface area contributed by atoms with Crippen LogP contribution in [-0.4, -0.2) is 41.3 Å². The molecule has 0 aliphatic heterocycles. The largest absolute Gasteiger partial charge is 0.480 e. The number of non-ortho nitro benzene ring substituents is 1. The van der Waals surface area contributed by atoms with E-state index in [0.717, 1.165) is 28.6 Å². The smallest absolute Gasteiger partial charge is 0.321 e. The van der Waals surface area contributed by atoms with Crippen LogP contribution < -0.4 is 0 Å². The molecular weight excluding hydrogens is 312 g/mol. The van der Waals surface area contributed by atoms with Gasteiger partial charge in [-0.1, -0.05) is 6.08 Å². The topological polar surface area (TPSA) is 118 Å². The summed E-state index contributed by atoms with van der Waals surface area (Å²) in [6.45, 7) is 4.69. The monoisotopic (exact) mass is 328 g/mol. The number of carboxylic acid groups (broad SMARTS) is 1. The van der Waals surface area contributed by atoms with E-state index in [0.29, 0.717) is 0 Å². The third-order valence-electron chi connectivity index (χ3n) is 3.00. The lowest BCUT2D eigenvalue weighted by Crippen LogP contribution is -2.43. The molecule has 0 unspecified atom stereocenters. The van der Waals surface area contributed by atoms with Crippen molar-refractivity contribution in [1.29, 1.82) is 0 Å². The van der Waals surface area contributed by atoms with Gasteiger partial charge in [0.2, 0.25) is 10.0 Å². The van der Waals surface area contributed by atoms with Crippen LogP contribution in [0.4, 0.5) is 5.69 Å². The maximum absolute atomic E-state index is 12.5. The third kappa shape index (κ3) is 3.89. The van der Waals surface area contributed by atoms with Gasteiger partial charge in [-0.2, -0.15) is 4.31 Å². The summed E-state index contributed by atoms with van der Waals surface area (Å²) in [6, 6.07) is 3.03. The Morgan fingerprint density at radius 3 is 2.41 bits per heavy atom. The molecule has 0 aromatic heterocycles. The number of carboxylic acids is 1. The fourth-order valence-corrected chi connectivity index (χ4v) is 3.34. The standard InChI is InChI=1S/C13H16N2O6S/c1-3-4-9-14(10(2)13(16)17)22(20,21)12-7-5-11(6-8-12)15(18)19/h3,5-8,10H,1,4,9H2,2H3,(H,16,17)/t10-/m0/s1. The van der Waals surface area contributed by atoms with Gasteiger partial charge in [-0.15, -0.1) is 6.58 Å². The van der Waals surface area contributed by atoms with Crippen LogP contribution in [0.2, 0.25) is 0 Å². The molecule has 9 heteroatoms. The molecule has 0 amide bonds. The minimum Gasteiger partial charge on any atom is -0.480 e. The number of sulfonamides is 1. The molecule has 0 heterocycles.